The molecular weight excluding hydrogens is 275 g/mol. The molecule has 0 unspecified atom stereocenters. The van der Waals surface area contributed by atoms with E-state index in [4.69, 9.17) is 0 Å². The van der Waals surface area contributed by atoms with Gasteiger partial charge in [0.05, 0.1) is 12.0 Å². The van der Waals surface area contributed by atoms with Crippen LogP contribution in [0.1, 0.15) is 24.5 Å². The van der Waals surface area contributed by atoms with Crippen molar-refractivity contribution in [2.75, 3.05) is 6.54 Å². The molecule has 0 spiro atoms. The third-order valence-electron chi connectivity index (χ3n) is 4.31. The molecule has 1 nitrogen and oxygen atoms in total. The lowest BCUT2D eigenvalue weighted by Gasteiger charge is -2.26. The highest BCUT2D eigenvalue weighted by Crippen LogP contribution is 2.45. The molecule has 21 heavy (non-hydrogen) atoms. The summed E-state index contributed by atoms with van der Waals surface area (Å²) < 4.78 is 39.4. The van der Waals surface area contributed by atoms with E-state index >= 15 is 0 Å². The van der Waals surface area contributed by atoms with Crippen LogP contribution in [0.15, 0.2) is 41.4 Å². The van der Waals surface area contributed by atoms with Crippen LogP contribution in [0.25, 0.3) is 10.8 Å². The van der Waals surface area contributed by atoms with Crippen LogP contribution in [0.4, 0.5) is 13.2 Å². The first-order valence-electron chi connectivity index (χ1n) is 6.91. The van der Waals surface area contributed by atoms with Gasteiger partial charge >= 0.3 is 6.18 Å². The van der Waals surface area contributed by atoms with E-state index in [1.807, 2.05) is 43.3 Å². The molecule has 0 N–H and O–H groups in total. The van der Waals surface area contributed by atoms with Crippen molar-refractivity contribution in [1.29, 1.82) is 0 Å². The van der Waals surface area contributed by atoms with Crippen molar-refractivity contribution in [2.45, 2.75) is 26.4 Å². The Hall–Kier alpha value is -1.84. The van der Waals surface area contributed by atoms with Gasteiger partial charge in [-0.1, -0.05) is 36.4 Å². The number of halogens is 3. The molecular formula is C17H16F3N. The predicted molar refractivity (Wildman–Crippen MR) is 78.9 cm³/mol. The Morgan fingerprint density at radius 1 is 1.05 bits per heavy atom. The molecule has 2 aromatic rings. The summed E-state index contributed by atoms with van der Waals surface area (Å²) in [5.41, 5.74) is 0.760. The summed E-state index contributed by atoms with van der Waals surface area (Å²) >= 11 is 0. The number of rotatable bonds is 1. The molecule has 0 saturated carbocycles. The number of nitrogens with zero attached hydrogens (tertiary/aromatic N) is 1. The van der Waals surface area contributed by atoms with Crippen molar-refractivity contribution in [3.63, 3.8) is 0 Å². The van der Waals surface area contributed by atoms with Crippen LogP contribution in [0.3, 0.4) is 0 Å². The summed E-state index contributed by atoms with van der Waals surface area (Å²) in [5, 5.41) is 2.04. The number of aliphatic imine (C=N–C) groups is 1. The molecule has 4 heteroatoms. The molecule has 1 heterocycles. The molecule has 1 aliphatic rings. The quantitative estimate of drug-likeness (QED) is 0.708. The topological polar surface area (TPSA) is 12.4 Å². The Bertz CT molecular complexity index is 730. The lowest BCUT2D eigenvalue weighted by Crippen LogP contribution is -2.36. The molecule has 0 radical (unpaired) electrons. The highest BCUT2D eigenvalue weighted by Gasteiger charge is 2.53. The standard InChI is InChI=1S/C17H16F3N/c1-11-7-8-14(13-6-4-3-5-12(11)13)15-9-16(2,10-21-15)17(18,19)20/h3-8H,9-10H2,1-2H3/t16-/m0/s1. The van der Waals surface area contributed by atoms with Crippen LogP contribution in [0.5, 0.6) is 0 Å². The normalized spacial score (nSPS) is 22.6. The average Bonchev–Trinajstić information content (AvgIpc) is 2.83. The van der Waals surface area contributed by atoms with Crippen LogP contribution >= 0.6 is 0 Å². The SMILES string of the molecule is Cc1ccc(C2=NC[C@@](C)(C(F)(F)F)C2)c2ccccc12. The first kappa shape index (κ1) is 14.1. The van der Waals surface area contributed by atoms with Gasteiger partial charge in [-0.25, -0.2) is 0 Å². The van der Waals surface area contributed by atoms with Crippen molar-refractivity contribution in [1.82, 2.24) is 0 Å². The molecule has 0 amide bonds. The predicted octanol–water partition coefficient (Wildman–Crippen LogP) is 4.91. The minimum absolute atomic E-state index is 0.0520. The number of fused-ring (bicyclic) bond motifs is 1. The van der Waals surface area contributed by atoms with Gasteiger partial charge in [-0.15, -0.1) is 0 Å². The van der Waals surface area contributed by atoms with Gasteiger partial charge in [-0.2, -0.15) is 13.2 Å². The lowest BCUT2D eigenvalue weighted by atomic mass is 9.84. The smallest absolute Gasteiger partial charge is 0.288 e. The van der Waals surface area contributed by atoms with E-state index in [-0.39, 0.29) is 13.0 Å². The molecule has 1 atom stereocenters. The fraction of sp³-hybridized carbons (Fsp3) is 0.353. The van der Waals surface area contributed by atoms with E-state index in [9.17, 15) is 13.2 Å². The summed E-state index contributed by atoms with van der Waals surface area (Å²) in [6, 6.07) is 11.6. The maximum atomic E-state index is 13.1. The number of aryl methyl sites for hydroxylation is 1. The summed E-state index contributed by atoms with van der Waals surface area (Å²) in [5.74, 6) is 0. The fourth-order valence-corrected chi connectivity index (χ4v) is 2.82. The fourth-order valence-electron chi connectivity index (χ4n) is 2.82. The summed E-state index contributed by atoms with van der Waals surface area (Å²) in [7, 11) is 0. The number of hydrogen-bond donors (Lipinski definition) is 0. The van der Waals surface area contributed by atoms with E-state index in [1.165, 1.54) is 6.92 Å². The van der Waals surface area contributed by atoms with Crippen LogP contribution in [0.2, 0.25) is 0 Å². The first-order valence-corrected chi connectivity index (χ1v) is 6.91. The molecule has 2 aromatic carbocycles. The van der Waals surface area contributed by atoms with Gasteiger partial charge in [0.2, 0.25) is 0 Å². The van der Waals surface area contributed by atoms with E-state index in [0.29, 0.717) is 5.71 Å². The second kappa shape index (κ2) is 4.58. The number of hydrogen-bond acceptors (Lipinski definition) is 1. The molecule has 0 fully saturated rings. The van der Waals surface area contributed by atoms with Gasteiger partial charge in [0, 0.05) is 17.7 Å². The summed E-state index contributed by atoms with van der Waals surface area (Å²) in [4.78, 5) is 4.20. The molecule has 0 aliphatic carbocycles. The Morgan fingerprint density at radius 2 is 1.71 bits per heavy atom. The maximum Gasteiger partial charge on any atom is 0.396 e. The maximum absolute atomic E-state index is 13.1. The Labute approximate surface area is 121 Å². The Kier molecular flexibility index (Phi) is 3.08. The minimum atomic E-state index is -4.22. The van der Waals surface area contributed by atoms with Crippen LogP contribution < -0.4 is 0 Å². The monoisotopic (exact) mass is 291 g/mol. The van der Waals surface area contributed by atoms with Crippen molar-refractivity contribution in [3.8, 4) is 0 Å². The van der Waals surface area contributed by atoms with Crippen molar-refractivity contribution >= 4 is 16.5 Å². The number of alkyl halides is 3. The van der Waals surface area contributed by atoms with E-state index in [1.54, 1.807) is 0 Å². The number of benzene rings is 2. The molecule has 0 bridgehead atoms. The van der Waals surface area contributed by atoms with Crippen molar-refractivity contribution in [2.24, 2.45) is 10.4 Å². The lowest BCUT2D eigenvalue weighted by molar-refractivity contribution is -0.209. The zero-order chi connectivity index (χ0) is 15.3. The van der Waals surface area contributed by atoms with Crippen LogP contribution in [-0.2, 0) is 0 Å². The highest BCUT2D eigenvalue weighted by atomic mass is 19.4. The summed E-state index contributed by atoms with van der Waals surface area (Å²) in [6.07, 6.45) is -4.28. The van der Waals surface area contributed by atoms with Crippen molar-refractivity contribution in [3.05, 3.63) is 47.5 Å². The largest absolute Gasteiger partial charge is 0.396 e. The zero-order valence-electron chi connectivity index (χ0n) is 12.0. The Balaban J connectivity index is 2.06. The molecule has 1 aliphatic heterocycles. The molecule has 0 saturated heterocycles. The van der Waals surface area contributed by atoms with E-state index in [0.717, 1.165) is 21.9 Å². The molecule has 0 aromatic heterocycles. The first-order chi connectivity index (χ1) is 9.82. The van der Waals surface area contributed by atoms with Gasteiger partial charge in [0.15, 0.2) is 0 Å². The molecule has 3 rings (SSSR count). The molecule has 110 valence electrons. The van der Waals surface area contributed by atoms with Gasteiger partial charge in [-0.05, 0) is 30.2 Å². The van der Waals surface area contributed by atoms with Crippen LogP contribution in [-0.4, -0.2) is 18.4 Å². The van der Waals surface area contributed by atoms with Crippen molar-refractivity contribution < 1.29 is 13.2 Å². The van der Waals surface area contributed by atoms with Gasteiger partial charge in [0.1, 0.15) is 0 Å². The third kappa shape index (κ3) is 2.23. The van der Waals surface area contributed by atoms with Gasteiger partial charge in [0.25, 0.3) is 0 Å². The Morgan fingerprint density at radius 3 is 2.33 bits per heavy atom. The average molecular weight is 291 g/mol. The van der Waals surface area contributed by atoms with Crippen LogP contribution in [0, 0.1) is 12.3 Å². The van der Waals surface area contributed by atoms with Gasteiger partial charge < -0.3 is 0 Å². The van der Waals surface area contributed by atoms with Gasteiger partial charge in [-0.3, -0.25) is 4.99 Å². The highest BCUT2D eigenvalue weighted by molar-refractivity contribution is 6.12. The van der Waals surface area contributed by atoms with E-state index in [2.05, 4.69) is 4.99 Å². The minimum Gasteiger partial charge on any atom is -0.288 e. The third-order valence-corrected chi connectivity index (χ3v) is 4.31. The second-order valence-electron chi connectivity index (χ2n) is 5.97. The van der Waals surface area contributed by atoms with E-state index < -0.39 is 11.6 Å². The second-order valence-corrected chi connectivity index (χ2v) is 5.97. The zero-order valence-corrected chi connectivity index (χ0v) is 12.0. The summed E-state index contributed by atoms with van der Waals surface area (Å²) in [6.45, 7) is 3.07.